The first kappa shape index (κ1) is 10.5. The Morgan fingerprint density at radius 2 is 1.69 bits per heavy atom. The van der Waals surface area contributed by atoms with Crippen molar-refractivity contribution in [2.45, 2.75) is 13.3 Å². The largest absolute Gasteiger partial charge is 0.344 e. The Balaban J connectivity index is 2.87. The van der Waals surface area contributed by atoms with E-state index < -0.39 is 0 Å². The molecule has 1 aromatic rings. The molecule has 0 bridgehead atoms. The highest BCUT2D eigenvalue weighted by atomic mass is 35.5. The molecular weight excluding hydrogens is 211 g/mol. The summed E-state index contributed by atoms with van der Waals surface area (Å²) in [5.41, 5.74) is 0. The molecule has 0 aromatic carbocycles. The van der Waals surface area contributed by atoms with Gasteiger partial charge in [0.2, 0.25) is 16.5 Å². The fourth-order valence-corrected chi connectivity index (χ4v) is 1.28. The molecule has 0 saturated carbocycles. The highest BCUT2D eigenvalue weighted by Gasteiger charge is 2.06. The van der Waals surface area contributed by atoms with Crippen LogP contribution in [-0.4, -0.2) is 28.5 Å². The third-order valence-corrected chi connectivity index (χ3v) is 1.81. The van der Waals surface area contributed by atoms with Crippen molar-refractivity contribution >= 4 is 29.2 Å². The van der Waals surface area contributed by atoms with E-state index in [1.165, 1.54) is 0 Å². The van der Waals surface area contributed by atoms with E-state index in [-0.39, 0.29) is 10.6 Å². The van der Waals surface area contributed by atoms with Gasteiger partial charge in [-0.1, -0.05) is 6.92 Å². The summed E-state index contributed by atoms with van der Waals surface area (Å²) in [5, 5.41) is 0.246. The Morgan fingerprint density at radius 3 is 2.15 bits per heavy atom. The Morgan fingerprint density at radius 1 is 1.15 bits per heavy atom. The van der Waals surface area contributed by atoms with Crippen LogP contribution in [0.2, 0.25) is 10.6 Å². The molecular formula is C7H10Cl2N4. The van der Waals surface area contributed by atoms with Crippen LogP contribution < -0.4 is 4.90 Å². The lowest BCUT2D eigenvalue weighted by Crippen LogP contribution is -2.20. The van der Waals surface area contributed by atoms with Crippen LogP contribution in [-0.2, 0) is 0 Å². The quantitative estimate of drug-likeness (QED) is 0.782. The monoisotopic (exact) mass is 220 g/mol. The van der Waals surface area contributed by atoms with Crippen LogP contribution in [0.1, 0.15) is 13.3 Å². The van der Waals surface area contributed by atoms with Gasteiger partial charge in [0, 0.05) is 13.6 Å². The highest BCUT2D eigenvalue weighted by Crippen LogP contribution is 2.12. The molecule has 0 aliphatic carbocycles. The predicted molar refractivity (Wildman–Crippen MR) is 53.4 cm³/mol. The van der Waals surface area contributed by atoms with Crippen LogP contribution >= 0.6 is 23.2 Å². The van der Waals surface area contributed by atoms with Crippen LogP contribution in [0.15, 0.2) is 0 Å². The van der Waals surface area contributed by atoms with E-state index in [0.717, 1.165) is 13.0 Å². The number of nitrogens with zero attached hydrogens (tertiary/aromatic N) is 4. The lowest BCUT2D eigenvalue weighted by molar-refractivity contribution is 0.811. The van der Waals surface area contributed by atoms with E-state index in [9.17, 15) is 0 Å². The molecule has 6 heteroatoms. The minimum absolute atomic E-state index is 0.123. The molecule has 0 aliphatic heterocycles. The zero-order valence-corrected chi connectivity index (χ0v) is 8.97. The van der Waals surface area contributed by atoms with Crippen molar-refractivity contribution in [3.8, 4) is 0 Å². The smallest absolute Gasteiger partial charge is 0.230 e. The molecule has 0 N–H and O–H groups in total. The zero-order valence-electron chi connectivity index (χ0n) is 7.46. The van der Waals surface area contributed by atoms with Gasteiger partial charge in [-0.3, -0.25) is 0 Å². The molecule has 0 saturated heterocycles. The molecule has 1 heterocycles. The normalized spacial score (nSPS) is 10.2. The van der Waals surface area contributed by atoms with Gasteiger partial charge >= 0.3 is 0 Å². The number of halogens is 2. The summed E-state index contributed by atoms with van der Waals surface area (Å²) in [6.45, 7) is 2.93. The number of rotatable bonds is 3. The van der Waals surface area contributed by atoms with E-state index >= 15 is 0 Å². The average Bonchev–Trinajstić information content (AvgIpc) is 2.03. The van der Waals surface area contributed by atoms with Gasteiger partial charge in [-0.25, -0.2) is 0 Å². The lowest BCUT2D eigenvalue weighted by atomic mass is 10.4. The van der Waals surface area contributed by atoms with Gasteiger partial charge in [-0.15, -0.1) is 0 Å². The molecule has 0 aliphatic rings. The molecule has 72 valence electrons. The third-order valence-electron chi connectivity index (χ3n) is 1.47. The predicted octanol–water partition coefficient (Wildman–Crippen LogP) is 2.02. The van der Waals surface area contributed by atoms with E-state index in [4.69, 9.17) is 23.2 Å². The van der Waals surface area contributed by atoms with Gasteiger partial charge < -0.3 is 4.90 Å². The van der Waals surface area contributed by atoms with Gasteiger partial charge in [0.25, 0.3) is 0 Å². The average molecular weight is 221 g/mol. The topological polar surface area (TPSA) is 41.9 Å². The Hall–Kier alpha value is -0.610. The molecule has 1 rings (SSSR count). The number of hydrogen-bond donors (Lipinski definition) is 0. The van der Waals surface area contributed by atoms with Crippen LogP contribution in [0.5, 0.6) is 0 Å². The summed E-state index contributed by atoms with van der Waals surface area (Å²) in [7, 11) is 1.88. The molecule has 0 amide bonds. The Bertz CT molecular complexity index is 272. The first-order valence-corrected chi connectivity index (χ1v) is 4.67. The maximum absolute atomic E-state index is 5.62. The van der Waals surface area contributed by atoms with Crippen molar-refractivity contribution in [3.05, 3.63) is 10.6 Å². The van der Waals surface area contributed by atoms with Crippen LogP contribution in [0.25, 0.3) is 0 Å². The van der Waals surface area contributed by atoms with E-state index in [0.29, 0.717) is 5.95 Å². The second kappa shape index (κ2) is 4.58. The molecule has 4 nitrogen and oxygen atoms in total. The maximum atomic E-state index is 5.62. The van der Waals surface area contributed by atoms with Gasteiger partial charge in [0.15, 0.2) is 0 Å². The first-order chi connectivity index (χ1) is 6.13. The molecule has 0 atom stereocenters. The summed E-state index contributed by atoms with van der Waals surface area (Å²) in [4.78, 5) is 13.4. The van der Waals surface area contributed by atoms with Crippen LogP contribution in [0.4, 0.5) is 5.95 Å². The van der Waals surface area contributed by atoms with Gasteiger partial charge in [-0.2, -0.15) is 15.0 Å². The third kappa shape index (κ3) is 2.97. The standard InChI is InChI=1S/C7H10Cl2N4/c1-3-4-13(2)7-11-5(8)10-6(9)12-7/h3-4H2,1-2H3. The van der Waals surface area contributed by atoms with Crippen molar-refractivity contribution in [3.63, 3.8) is 0 Å². The Labute approximate surface area is 86.9 Å². The fourth-order valence-electron chi connectivity index (χ4n) is 0.922. The lowest BCUT2D eigenvalue weighted by Gasteiger charge is -2.15. The zero-order chi connectivity index (χ0) is 9.84. The minimum atomic E-state index is 0.123. The maximum Gasteiger partial charge on any atom is 0.230 e. The van der Waals surface area contributed by atoms with Crippen molar-refractivity contribution in [1.29, 1.82) is 0 Å². The molecule has 0 spiro atoms. The van der Waals surface area contributed by atoms with Crippen LogP contribution in [0, 0.1) is 0 Å². The first-order valence-electron chi connectivity index (χ1n) is 3.91. The Kier molecular flexibility index (Phi) is 3.69. The van der Waals surface area contributed by atoms with Crippen LogP contribution in [0.3, 0.4) is 0 Å². The second-order valence-corrected chi connectivity index (χ2v) is 3.27. The molecule has 0 radical (unpaired) electrons. The highest BCUT2D eigenvalue weighted by molar-refractivity contribution is 6.31. The van der Waals surface area contributed by atoms with Crippen molar-refractivity contribution in [2.75, 3.05) is 18.5 Å². The number of anilines is 1. The minimum Gasteiger partial charge on any atom is -0.344 e. The van der Waals surface area contributed by atoms with Gasteiger partial charge in [0.1, 0.15) is 0 Å². The van der Waals surface area contributed by atoms with E-state index in [1.54, 1.807) is 0 Å². The van der Waals surface area contributed by atoms with Gasteiger partial charge in [-0.05, 0) is 29.6 Å². The molecule has 0 unspecified atom stereocenters. The summed E-state index contributed by atoms with van der Waals surface area (Å²) >= 11 is 11.2. The van der Waals surface area contributed by atoms with E-state index in [1.807, 2.05) is 11.9 Å². The van der Waals surface area contributed by atoms with Crippen molar-refractivity contribution in [1.82, 2.24) is 15.0 Å². The summed E-state index contributed by atoms with van der Waals surface area (Å²) in [6.07, 6.45) is 1.01. The number of hydrogen-bond acceptors (Lipinski definition) is 4. The van der Waals surface area contributed by atoms with Gasteiger partial charge in [0.05, 0.1) is 0 Å². The second-order valence-electron chi connectivity index (χ2n) is 2.60. The van der Waals surface area contributed by atoms with Crippen molar-refractivity contribution in [2.24, 2.45) is 0 Å². The molecule has 0 fully saturated rings. The molecule has 1 aromatic heterocycles. The summed E-state index contributed by atoms with van der Waals surface area (Å²) < 4.78 is 0. The number of aromatic nitrogens is 3. The van der Waals surface area contributed by atoms with Crippen molar-refractivity contribution < 1.29 is 0 Å². The molecule has 13 heavy (non-hydrogen) atoms. The summed E-state index contributed by atoms with van der Waals surface area (Å²) in [6, 6.07) is 0. The van der Waals surface area contributed by atoms with E-state index in [2.05, 4.69) is 21.9 Å². The SMILES string of the molecule is CCCN(C)c1nc(Cl)nc(Cl)n1. The summed E-state index contributed by atoms with van der Waals surface area (Å²) in [5.74, 6) is 0.506. The fraction of sp³-hybridized carbons (Fsp3) is 0.571.